The fraction of sp³-hybridized carbons (Fsp3) is 0.462. The molecule has 0 radical (unpaired) electrons. The smallest absolute Gasteiger partial charge is 0.319 e. The van der Waals surface area contributed by atoms with E-state index in [1.54, 1.807) is 0 Å². The Morgan fingerprint density at radius 2 is 2.00 bits per heavy atom. The third kappa shape index (κ3) is 4.86. The number of hydrogen-bond acceptors (Lipinski definition) is 3. The third-order valence-electron chi connectivity index (χ3n) is 3.40. The molecule has 0 aliphatic carbocycles. The summed E-state index contributed by atoms with van der Waals surface area (Å²) in [5.74, 6) is -0.130. The van der Waals surface area contributed by atoms with Crippen molar-refractivity contribution in [2.45, 2.75) is 12.8 Å². The lowest BCUT2D eigenvalue weighted by molar-refractivity contribution is 0.249. The van der Waals surface area contributed by atoms with Crippen LogP contribution in [0.2, 0.25) is 5.02 Å². The molecule has 1 aliphatic rings. The van der Waals surface area contributed by atoms with Crippen LogP contribution in [0, 0.1) is 11.7 Å². The first-order chi connectivity index (χ1) is 9.85. The molecular weight excluding hydrogens is 319 g/mol. The maximum atomic E-state index is 13.4. The van der Waals surface area contributed by atoms with Crippen LogP contribution in [0.1, 0.15) is 12.8 Å². The second kappa shape index (κ2) is 6.62. The van der Waals surface area contributed by atoms with Gasteiger partial charge in [0, 0.05) is 11.6 Å². The molecule has 21 heavy (non-hydrogen) atoms. The topological polar surface area (TPSA) is 75.3 Å². The minimum atomic E-state index is -2.91. The number of benzene rings is 1. The van der Waals surface area contributed by atoms with Gasteiger partial charge in [0.1, 0.15) is 15.7 Å². The molecule has 2 amide bonds. The van der Waals surface area contributed by atoms with Gasteiger partial charge in [-0.1, -0.05) is 11.6 Å². The van der Waals surface area contributed by atoms with Gasteiger partial charge in [-0.25, -0.2) is 17.6 Å². The summed E-state index contributed by atoms with van der Waals surface area (Å²) in [6, 6.07) is 3.35. The Hall–Kier alpha value is -1.34. The van der Waals surface area contributed by atoms with Crippen LogP contribution in [0.15, 0.2) is 18.2 Å². The van der Waals surface area contributed by atoms with Gasteiger partial charge in [-0.2, -0.15) is 0 Å². The zero-order valence-electron chi connectivity index (χ0n) is 11.2. The molecular formula is C13H16ClFN2O3S. The molecule has 0 bridgehead atoms. The summed E-state index contributed by atoms with van der Waals surface area (Å²) in [5, 5.41) is 5.32. The number of urea groups is 1. The van der Waals surface area contributed by atoms with Crippen LogP contribution < -0.4 is 10.6 Å². The van der Waals surface area contributed by atoms with Crippen molar-refractivity contribution in [3.05, 3.63) is 29.0 Å². The lowest BCUT2D eigenvalue weighted by atomic mass is 10.0. The first-order valence-electron chi connectivity index (χ1n) is 6.56. The third-order valence-corrected chi connectivity index (χ3v) is 5.35. The van der Waals surface area contributed by atoms with Gasteiger partial charge in [-0.05, 0) is 37.0 Å². The summed E-state index contributed by atoms with van der Waals surface area (Å²) in [7, 11) is -2.91. The van der Waals surface area contributed by atoms with Crippen molar-refractivity contribution in [2.75, 3.05) is 23.4 Å². The zero-order chi connectivity index (χ0) is 15.5. The van der Waals surface area contributed by atoms with Crippen molar-refractivity contribution in [3.63, 3.8) is 0 Å². The van der Waals surface area contributed by atoms with Crippen molar-refractivity contribution in [2.24, 2.45) is 5.92 Å². The van der Waals surface area contributed by atoms with E-state index in [0.717, 1.165) is 0 Å². The maximum Gasteiger partial charge on any atom is 0.319 e. The van der Waals surface area contributed by atoms with Gasteiger partial charge in [0.25, 0.3) is 0 Å². The number of halogens is 2. The van der Waals surface area contributed by atoms with Gasteiger partial charge in [0.05, 0.1) is 17.2 Å². The monoisotopic (exact) mass is 334 g/mol. The zero-order valence-corrected chi connectivity index (χ0v) is 12.8. The highest BCUT2D eigenvalue weighted by Crippen LogP contribution is 2.20. The molecule has 0 aromatic heterocycles. The second-order valence-electron chi connectivity index (χ2n) is 5.05. The fourth-order valence-corrected chi connectivity index (χ4v) is 3.90. The molecule has 0 spiro atoms. The number of rotatable bonds is 3. The molecule has 1 aromatic rings. The van der Waals surface area contributed by atoms with Crippen LogP contribution in [-0.4, -0.2) is 32.5 Å². The highest BCUT2D eigenvalue weighted by atomic mass is 35.5. The number of anilines is 1. The molecule has 2 N–H and O–H groups in total. The summed E-state index contributed by atoms with van der Waals surface area (Å²) >= 11 is 5.73. The molecule has 1 heterocycles. The van der Waals surface area contributed by atoms with Crippen LogP contribution in [0.5, 0.6) is 0 Å². The van der Waals surface area contributed by atoms with Crippen LogP contribution in [0.3, 0.4) is 0 Å². The lowest BCUT2D eigenvalue weighted by Gasteiger charge is -2.22. The van der Waals surface area contributed by atoms with Gasteiger partial charge >= 0.3 is 6.03 Å². The van der Waals surface area contributed by atoms with Crippen LogP contribution in [0.25, 0.3) is 0 Å². The Balaban J connectivity index is 1.81. The lowest BCUT2D eigenvalue weighted by Crippen LogP contribution is -2.36. The molecule has 0 unspecified atom stereocenters. The largest absolute Gasteiger partial charge is 0.338 e. The Morgan fingerprint density at radius 3 is 2.67 bits per heavy atom. The van der Waals surface area contributed by atoms with E-state index in [9.17, 15) is 17.6 Å². The van der Waals surface area contributed by atoms with Crippen molar-refractivity contribution >= 4 is 33.2 Å². The molecule has 5 nitrogen and oxygen atoms in total. The Labute approximate surface area is 127 Å². The van der Waals surface area contributed by atoms with Crippen LogP contribution in [-0.2, 0) is 9.84 Å². The average Bonchev–Trinajstić information content (AvgIpc) is 2.42. The molecule has 1 aliphatic heterocycles. The summed E-state index contributed by atoms with van der Waals surface area (Å²) in [5.41, 5.74) is 0.00576. The van der Waals surface area contributed by atoms with E-state index in [-0.39, 0.29) is 23.1 Å². The predicted molar refractivity (Wildman–Crippen MR) is 79.8 cm³/mol. The number of carbonyl (C=O) groups excluding carboxylic acids is 1. The number of sulfone groups is 1. The van der Waals surface area contributed by atoms with Crippen LogP contribution in [0.4, 0.5) is 14.9 Å². The summed E-state index contributed by atoms with van der Waals surface area (Å²) < 4.78 is 36.0. The predicted octanol–water partition coefficient (Wildman–Crippen LogP) is 2.43. The minimum Gasteiger partial charge on any atom is -0.338 e. The van der Waals surface area contributed by atoms with Gasteiger partial charge in [-0.15, -0.1) is 0 Å². The molecule has 2 rings (SSSR count). The van der Waals surface area contributed by atoms with Crippen molar-refractivity contribution in [1.82, 2.24) is 5.32 Å². The van der Waals surface area contributed by atoms with E-state index in [4.69, 9.17) is 11.6 Å². The molecule has 1 saturated heterocycles. The van der Waals surface area contributed by atoms with Crippen molar-refractivity contribution in [1.29, 1.82) is 0 Å². The van der Waals surface area contributed by atoms with E-state index >= 15 is 0 Å². The van der Waals surface area contributed by atoms with Gasteiger partial charge < -0.3 is 10.6 Å². The molecule has 0 atom stereocenters. The maximum absolute atomic E-state index is 13.4. The van der Waals surface area contributed by atoms with Gasteiger partial charge in [-0.3, -0.25) is 0 Å². The fourth-order valence-electron chi connectivity index (χ4n) is 2.14. The van der Waals surface area contributed by atoms with E-state index < -0.39 is 21.7 Å². The van der Waals surface area contributed by atoms with E-state index in [0.29, 0.717) is 24.4 Å². The molecule has 116 valence electrons. The van der Waals surface area contributed by atoms with Crippen LogP contribution >= 0.6 is 11.6 Å². The number of nitrogens with one attached hydrogen (secondary N) is 2. The summed E-state index contributed by atoms with van der Waals surface area (Å²) in [6.07, 6.45) is 1.07. The molecule has 1 aromatic carbocycles. The second-order valence-corrected chi connectivity index (χ2v) is 7.79. The first kappa shape index (κ1) is 16.0. The van der Waals surface area contributed by atoms with Gasteiger partial charge in [0.15, 0.2) is 0 Å². The van der Waals surface area contributed by atoms with E-state index in [2.05, 4.69) is 10.6 Å². The highest BCUT2D eigenvalue weighted by molar-refractivity contribution is 7.91. The standard InChI is InChI=1S/C13H16ClFN2O3S/c14-10-1-2-11(15)12(7-10)17-13(18)16-8-9-3-5-21(19,20)6-4-9/h1-2,7,9H,3-6,8H2,(H2,16,17,18). The number of carbonyl (C=O) groups is 1. The summed E-state index contributed by atoms with van der Waals surface area (Å²) in [4.78, 5) is 11.7. The molecule has 8 heteroatoms. The average molecular weight is 335 g/mol. The number of hydrogen-bond donors (Lipinski definition) is 2. The van der Waals surface area contributed by atoms with Crippen molar-refractivity contribution < 1.29 is 17.6 Å². The Bertz CT molecular complexity index is 622. The SMILES string of the molecule is O=C(NCC1CCS(=O)(=O)CC1)Nc1cc(Cl)ccc1F. The number of amides is 2. The highest BCUT2D eigenvalue weighted by Gasteiger charge is 2.23. The summed E-state index contributed by atoms with van der Waals surface area (Å²) in [6.45, 7) is 0.365. The first-order valence-corrected chi connectivity index (χ1v) is 8.76. The Morgan fingerprint density at radius 1 is 1.33 bits per heavy atom. The molecule has 0 saturated carbocycles. The quantitative estimate of drug-likeness (QED) is 0.891. The minimum absolute atomic E-state index is 0.00576. The van der Waals surface area contributed by atoms with Crippen molar-refractivity contribution in [3.8, 4) is 0 Å². The van der Waals surface area contributed by atoms with Gasteiger partial charge in [0.2, 0.25) is 0 Å². The normalized spacial score (nSPS) is 18.2. The molecule has 1 fully saturated rings. The Kier molecular flexibility index (Phi) is 5.05. The van der Waals surface area contributed by atoms with E-state index in [1.165, 1.54) is 18.2 Å². The van der Waals surface area contributed by atoms with E-state index in [1.807, 2.05) is 0 Å².